The van der Waals surface area contributed by atoms with Crippen molar-refractivity contribution in [1.82, 2.24) is 4.90 Å². The van der Waals surface area contributed by atoms with Crippen LogP contribution in [0.25, 0.3) is 0 Å². The summed E-state index contributed by atoms with van der Waals surface area (Å²) in [6.45, 7) is 3.80. The van der Waals surface area contributed by atoms with Gasteiger partial charge in [-0.25, -0.2) is 0 Å². The molecule has 110 valence electrons. The van der Waals surface area contributed by atoms with E-state index in [1.165, 1.54) is 38.5 Å². The van der Waals surface area contributed by atoms with Crippen LogP contribution >= 0.6 is 0 Å². The molecule has 0 aliphatic heterocycles. The van der Waals surface area contributed by atoms with Crippen LogP contribution in [0.3, 0.4) is 0 Å². The number of hydrogen-bond donors (Lipinski definition) is 1. The highest BCUT2D eigenvalue weighted by Gasteiger charge is 2.33. The second kappa shape index (κ2) is 7.28. The van der Waals surface area contributed by atoms with Crippen molar-refractivity contribution < 1.29 is 4.79 Å². The summed E-state index contributed by atoms with van der Waals surface area (Å²) in [7, 11) is 0. The van der Waals surface area contributed by atoms with Crippen LogP contribution in [0, 0.1) is 11.8 Å². The number of nitrogens with zero attached hydrogens (tertiary/aromatic N) is 1. The van der Waals surface area contributed by atoms with Crippen molar-refractivity contribution in [2.45, 2.75) is 70.8 Å². The first-order valence-corrected chi connectivity index (χ1v) is 8.26. The molecule has 2 atom stereocenters. The quantitative estimate of drug-likeness (QED) is 0.831. The van der Waals surface area contributed by atoms with Gasteiger partial charge < -0.3 is 10.6 Å². The van der Waals surface area contributed by atoms with Crippen LogP contribution in [-0.4, -0.2) is 29.9 Å². The molecule has 3 nitrogen and oxygen atoms in total. The zero-order valence-corrected chi connectivity index (χ0v) is 12.4. The van der Waals surface area contributed by atoms with Gasteiger partial charge in [0, 0.05) is 18.5 Å². The molecule has 2 unspecified atom stereocenters. The molecule has 2 aliphatic carbocycles. The summed E-state index contributed by atoms with van der Waals surface area (Å²) >= 11 is 0. The van der Waals surface area contributed by atoms with E-state index >= 15 is 0 Å². The predicted molar refractivity (Wildman–Crippen MR) is 78.8 cm³/mol. The molecule has 0 aromatic heterocycles. The second-order valence-corrected chi connectivity index (χ2v) is 6.37. The molecule has 0 saturated heterocycles. The smallest absolute Gasteiger partial charge is 0.225 e. The molecule has 0 spiro atoms. The maximum Gasteiger partial charge on any atom is 0.225 e. The number of hydrogen-bond acceptors (Lipinski definition) is 2. The van der Waals surface area contributed by atoms with Crippen molar-refractivity contribution in [3.8, 4) is 0 Å². The van der Waals surface area contributed by atoms with E-state index in [-0.39, 0.29) is 5.92 Å². The number of amides is 1. The zero-order chi connectivity index (χ0) is 13.7. The van der Waals surface area contributed by atoms with Crippen LogP contribution in [0.5, 0.6) is 0 Å². The normalized spacial score (nSPS) is 28.5. The Labute approximate surface area is 117 Å². The molecule has 0 aromatic carbocycles. The molecule has 2 aliphatic rings. The lowest BCUT2D eigenvalue weighted by atomic mass is 9.79. The lowest BCUT2D eigenvalue weighted by Crippen LogP contribution is -2.43. The Morgan fingerprint density at radius 2 is 1.89 bits per heavy atom. The Morgan fingerprint density at radius 1 is 1.16 bits per heavy atom. The SMILES string of the molecule is CCN(C(=O)C1CCCC(CCN)C1)C1CCCC1. The summed E-state index contributed by atoms with van der Waals surface area (Å²) in [6, 6.07) is 0.535. The number of carbonyl (C=O) groups is 1. The molecule has 2 rings (SSSR count). The van der Waals surface area contributed by atoms with Gasteiger partial charge in [0.1, 0.15) is 0 Å². The zero-order valence-electron chi connectivity index (χ0n) is 12.4. The topological polar surface area (TPSA) is 46.3 Å². The Morgan fingerprint density at radius 3 is 2.53 bits per heavy atom. The van der Waals surface area contributed by atoms with Crippen molar-refractivity contribution in [3.63, 3.8) is 0 Å². The molecule has 19 heavy (non-hydrogen) atoms. The molecule has 3 heteroatoms. The summed E-state index contributed by atoms with van der Waals surface area (Å²) in [5, 5.41) is 0. The van der Waals surface area contributed by atoms with E-state index in [4.69, 9.17) is 5.73 Å². The van der Waals surface area contributed by atoms with Crippen LogP contribution in [0.15, 0.2) is 0 Å². The lowest BCUT2D eigenvalue weighted by molar-refractivity contribution is -0.139. The van der Waals surface area contributed by atoms with Gasteiger partial charge in [0.05, 0.1) is 0 Å². The molecule has 0 radical (unpaired) electrons. The summed E-state index contributed by atoms with van der Waals surface area (Å²) in [6.07, 6.45) is 10.8. The summed E-state index contributed by atoms with van der Waals surface area (Å²) in [5.74, 6) is 1.41. The van der Waals surface area contributed by atoms with Crippen LogP contribution in [0.1, 0.15) is 64.7 Å². The first-order valence-electron chi connectivity index (χ1n) is 8.26. The summed E-state index contributed by atoms with van der Waals surface area (Å²) in [5.41, 5.74) is 5.67. The largest absolute Gasteiger partial charge is 0.340 e. The van der Waals surface area contributed by atoms with E-state index in [1.807, 2.05) is 0 Å². The van der Waals surface area contributed by atoms with E-state index < -0.39 is 0 Å². The summed E-state index contributed by atoms with van der Waals surface area (Å²) in [4.78, 5) is 14.9. The van der Waals surface area contributed by atoms with Gasteiger partial charge in [-0.1, -0.05) is 25.7 Å². The number of nitrogens with two attached hydrogens (primary N) is 1. The fourth-order valence-corrected chi connectivity index (χ4v) is 4.06. The molecule has 0 heterocycles. The Hall–Kier alpha value is -0.570. The molecule has 1 amide bonds. The number of rotatable bonds is 5. The van der Waals surface area contributed by atoms with E-state index in [1.54, 1.807) is 0 Å². The lowest BCUT2D eigenvalue weighted by Gasteiger charge is -2.35. The third kappa shape index (κ3) is 3.71. The second-order valence-electron chi connectivity index (χ2n) is 6.37. The van der Waals surface area contributed by atoms with Gasteiger partial charge in [-0.15, -0.1) is 0 Å². The van der Waals surface area contributed by atoms with E-state index in [0.717, 1.165) is 32.4 Å². The average molecular weight is 266 g/mol. The molecule has 0 bridgehead atoms. The minimum atomic E-state index is 0.283. The molecular weight excluding hydrogens is 236 g/mol. The predicted octanol–water partition coefficient (Wildman–Crippen LogP) is 2.93. The van der Waals surface area contributed by atoms with E-state index in [0.29, 0.717) is 17.9 Å². The van der Waals surface area contributed by atoms with Gasteiger partial charge in [0.25, 0.3) is 0 Å². The third-order valence-corrected chi connectivity index (χ3v) is 5.10. The average Bonchev–Trinajstić information content (AvgIpc) is 2.94. The van der Waals surface area contributed by atoms with Gasteiger partial charge in [-0.05, 0) is 51.5 Å². The first kappa shape index (κ1) is 14.8. The number of carbonyl (C=O) groups excluding carboxylic acids is 1. The van der Waals surface area contributed by atoms with Crippen molar-refractivity contribution in [1.29, 1.82) is 0 Å². The summed E-state index contributed by atoms with van der Waals surface area (Å²) < 4.78 is 0. The van der Waals surface area contributed by atoms with Crippen molar-refractivity contribution in [3.05, 3.63) is 0 Å². The van der Waals surface area contributed by atoms with Gasteiger partial charge >= 0.3 is 0 Å². The molecule has 2 fully saturated rings. The maximum atomic E-state index is 12.8. The Kier molecular flexibility index (Phi) is 5.68. The Balaban J connectivity index is 1.92. The van der Waals surface area contributed by atoms with E-state index in [2.05, 4.69) is 11.8 Å². The van der Waals surface area contributed by atoms with Crippen LogP contribution in [0.4, 0.5) is 0 Å². The van der Waals surface area contributed by atoms with Gasteiger partial charge in [0.15, 0.2) is 0 Å². The molecule has 2 N–H and O–H groups in total. The molecule has 2 saturated carbocycles. The van der Waals surface area contributed by atoms with Gasteiger partial charge in [-0.2, -0.15) is 0 Å². The highest BCUT2D eigenvalue weighted by atomic mass is 16.2. The monoisotopic (exact) mass is 266 g/mol. The van der Waals surface area contributed by atoms with Crippen molar-refractivity contribution in [2.75, 3.05) is 13.1 Å². The van der Waals surface area contributed by atoms with Crippen LogP contribution < -0.4 is 5.73 Å². The first-order chi connectivity index (χ1) is 9.26. The minimum Gasteiger partial charge on any atom is -0.340 e. The van der Waals surface area contributed by atoms with Gasteiger partial charge in [0.2, 0.25) is 5.91 Å². The van der Waals surface area contributed by atoms with Crippen LogP contribution in [0.2, 0.25) is 0 Å². The minimum absolute atomic E-state index is 0.283. The molecular formula is C16H30N2O. The highest BCUT2D eigenvalue weighted by Crippen LogP contribution is 2.33. The standard InChI is InChI=1S/C16H30N2O/c1-2-18(15-8-3-4-9-15)16(19)14-7-5-6-13(12-14)10-11-17/h13-15H,2-12,17H2,1H3. The van der Waals surface area contributed by atoms with Crippen LogP contribution in [-0.2, 0) is 4.79 Å². The molecule has 0 aromatic rings. The third-order valence-electron chi connectivity index (χ3n) is 5.10. The highest BCUT2D eigenvalue weighted by molar-refractivity contribution is 5.79. The fourth-order valence-electron chi connectivity index (χ4n) is 4.06. The Bertz CT molecular complexity index is 284. The van der Waals surface area contributed by atoms with Crippen molar-refractivity contribution >= 4 is 5.91 Å². The van der Waals surface area contributed by atoms with E-state index in [9.17, 15) is 4.79 Å². The van der Waals surface area contributed by atoms with Gasteiger partial charge in [-0.3, -0.25) is 4.79 Å². The van der Waals surface area contributed by atoms with Crippen molar-refractivity contribution in [2.24, 2.45) is 17.6 Å². The fraction of sp³-hybridized carbons (Fsp3) is 0.938. The maximum absolute atomic E-state index is 12.8.